The Morgan fingerprint density at radius 1 is 0.222 bits per heavy atom. The van der Waals surface area contributed by atoms with Crippen molar-refractivity contribution in [2.24, 2.45) is 5.73 Å². The van der Waals surface area contributed by atoms with Crippen LogP contribution >= 0.6 is 0 Å². The maximum Gasteiger partial charge on any atom is 0.192 e. The van der Waals surface area contributed by atoms with Gasteiger partial charge in [-0.15, -0.1) is 0 Å². The minimum absolute atomic E-state index is 0.0108. The highest BCUT2D eigenvalue weighted by atomic mass is 28.4. The molecule has 22 saturated heterocycles. The Morgan fingerprint density at radius 2 is 0.368 bits per heavy atom. The minimum Gasteiger partial charge on any atom is -0.414 e. The number of ether oxygens (including phenoxy) is 25. The SMILES string of the molecule is COC1C2OC(COCCCN)C(OC3OC(CO[Si](C)(C)C(C)(C)C)C(OC4OC(CO[Si](C)(C)C(C)(C)C)C(OC5OC(CO[Si](C)(C)C(C)(C)C)C(OC6OC(CO[Si](C)(C)C(C)(C)C)C(OC7OC(CO[Si](C)(C)C(C)(C)C)C(O2)C(OC)C7OC)C(OC)C6OC)C(OC)C5OC)C(OC)C4OC)C(OC)C3OC)C1OC. The van der Waals surface area contributed by atoms with Gasteiger partial charge in [0.05, 0.1) is 39.6 Å². The smallest absolute Gasteiger partial charge is 0.192 e. The molecule has 22 fully saturated rings. The van der Waals surface area contributed by atoms with Gasteiger partial charge in [0.15, 0.2) is 79.3 Å². The molecule has 22 heterocycles. The van der Waals surface area contributed by atoms with Crippen molar-refractivity contribution in [3.8, 4) is 0 Å². The van der Waals surface area contributed by atoms with Crippen molar-refractivity contribution < 1.29 is 141 Å². The standard InChI is InChI=1S/C81H161NO30Si5/c1-77(2,3)113(28,29)96-42-48-54-60(84-17)67(91-24)73(103-48)110-56-50(44-98-115(32,33)79(7,8)9)105-75(69(93-26)62(56)86-19)112-58-52(46-100-117(36,37)81(13,14)15)106-76(70(94-27)64(58)88-21)111-57-51(45-99-116(34,35)80(10,11)12)104-74(68(92-25)63(57)87-20)109-55-49(43-97-114(30,31)78(4,5)6)102-72(66(90-23)61(55)85-18)107-53-47(41-95-40-38-39-82)101-71(108-54)65(89-22)59(53)83-16/h47-76H,38-46,82H2,1-37H3. The number of hydrogen-bond acceptors (Lipinski definition) is 31. The molecule has 0 radical (unpaired) electrons. The molecule has 0 aromatic carbocycles. The maximum absolute atomic E-state index is 7.54. The monoisotopic (exact) mass is 1770 g/mol. The van der Waals surface area contributed by atoms with Gasteiger partial charge in [-0.3, -0.25) is 0 Å². The Balaban J connectivity index is 1.52. The second-order valence-electron chi connectivity index (χ2n) is 39.8. The van der Waals surface area contributed by atoms with Gasteiger partial charge in [0.25, 0.3) is 0 Å². The molecule has 22 rings (SSSR count). The van der Waals surface area contributed by atoms with E-state index in [2.05, 4.69) is 169 Å². The first-order valence-electron chi connectivity index (χ1n) is 42.0. The molecule has 117 heavy (non-hydrogen) atoms. The molecule has 2 N–H and O–H groups in total. The first-order valence-corrected chi connectivity index (χ1v) is 56.6. The molecule has 30 atom stereocenters. The Hall–Kier alpha value is -0.156. The summed E-state index contributed by atoms with van der Waals surface area (Å²) >= 11 is 0. The second kappa shape index (κ2) is 42.8. The van der Waals surface area contributed by atoms with Crippen LogP contribution in [-0.2, 0) is 141 Å². The lowest BCUT2D eigenvalue weighted by molar-refractivity contribution is -0.409. The highest BCUT2D eigenvalue weighted by Gasteiger charge is 2.63. The van der Waals surface area contributed by atoms with Crippen molar-refractivity contribution in [1.82, 2.24) is 0 Å². The van der Waals surface area contributed by atoms with Crippen molar-refractivity contribution >= 4 is 41.6 Å². The van der Waals surface area contributed by atoms with Crippen LogP contribution in [0.15, 0.2) is 0 Å². The lowest BCUT2D eigenvalue weighted by Crippen LogP contribution is -2.70. The van der Waals surface area contributed by atoms with Gasteiger partial charge in [-0.1, -0.05) is 104 Å². The van der Waals surface area contributed by atoms with Crippen molar-refractivity contribution in [2.75, 3.05) is 138 Å². The summed E-state index contributed by atoms with van der Waals surface area (Å²) in [7, 11) is 5.97. The van der Waals surface area contributed by atoms with Gasteiger partial charge in [0, 0.05) is 91.9 Å². The molecule has 31 nitrogen and oxygen atoms in total. The molecular weight excluding hydrogens is 1610 g/mol. The fraction of sp³-hybridized carbons (Fsp3) is 1.00. The Labute approximate surface area is 707 Å². The van der Waals surface area contributed by atoms with Crippen LogP contribution in [-0.4, -0.2) is 364 Å². The van der Waals surface area contributed by atoms with Gasteiger partial charge in [0.1, 0.15) is 146 Å². The third kappa shape index (κ3) is 24.2. The largest absolute Gasteiger partial charge is 0.414 e. The van der Waals surface area contributed by atoms with Crippen molar-refractivity contribution in [3.05, 3.63) is 0 Å². The van der Waals surface area contributed by atoms with Crippen LogP contribution in [0.5, 0.6) is 0 Å². The number of methoxy groups -OCH3 is 12. The summed E-state index contributed by atoms with van der Waals surface area (Å²) in [4.78, 5) is 0. The molecule has 0 aromatic heterocycles. The highest BCUT2D eigenvalue weighted by Crippen LogP contribution is 2.48. The van der Waals surface area contributed by atoms with E-state index in [9.17, 15) is 0 Å². The summed E-state index contributed by atoms with van der Waals surface area (Å²) in [6, 6.07) is 0. The average molecular weight is 1770 g/mol. The topological polar surface area (TPSA) is 303 Å². The predicted octanol–water partition coefficient (Wildman–Crippen LogP) is 10.3. The van der Waals surface area contributed by atoms with Crippen LogP contribution in [0.25, 0.3) is 0 Å². The van der Waals surface area contributed by atoms with Gasteiger partial charge in [-0.25, -0.2) is 0 Å². The quantitative estimate of drug-likeness (QED) is 0.0483. The van der Waals surface area contributed by atoms with E-state index < -0.39 is 226 Å². The van der Waals surface area contributed by atoms with E-state index in [1.807, 2.05) is 0 Å². The van der Waals surface area contributed by atoms with E-state index in [1.165, 1.54) is 0 Å². The lowest BCUT2D eigenvalue weighted by atomic mass is 9.94. The molecule has 0 spiro atoms. The Morgan fingerprint density at radius 3 is 0.496 bits per heavy atom. The summed E-state index contributed by atoms with van der Waals surface area (Å²) in [5, 5.41) is -1.17. The Kier molecular flexibility index (Phi) is 38.0. The zero-order chi connectivity index (χ0) is 87.9. The molecule has 690 valence electrons. The van der Waals surface area contributed by atoms with Gasteiger partial charge in [-0.05, 0) is 104 Å². The minimum atomic E-state index is -2.60. The average Bonchev–Trinajstić information content (AvgIpc) is 0.744. The van der Waals surface area contributed by atoms with Gasteiger partial charge in [0.2, 0.25) is 0 Å². The summed E-state index contributed by atoms with van der Waals surface area (Å²) in [5.74, 6) is 0. The number of nitrogens with two attached hydrogens (primary N) is 1. The number of hydrogen-bond donors (Lipinski definition) is 1. The van der Waals surface area contributed by atoms with E-state index in [1.54, 1.807) is 85.3 Å². The maximum atomic E-state index is 7.54. The van der Waals surface area contributed by atoms with Gasteiger partial charge in [-0.2, -0.15) is 0 Å². The molecule has 0 amide bonds. The van der Waals surface area contributed by atoms with Crippen LogP contribution in [0.4, 0.5) is 0 Å². The fourth-order valence-corrected chi connectivity index (χ4v) is 19.7. The van der Waals surface area contributed by atoms with E-state index >= 15 is 0 Å². The van der Waals surface area contributed by atoms with E-state index in [0.717, 1.165) is 0 Å². The van der Waals surface area contributed by atoms with Gasteiger partial charge < -0.3 is 146 Å². The van der Waals surface area contributed by atoms with Crippen LogP contribution in [0.2, 0.25) is 90.7 Å². The summed E-state index contributed by atoms with van der Waals surface area (Å²) < 4.78 is 211. The van der Waals surface area contributed by atoms with Crippen molar-refractivity contribution in [1.29, 1.82) is 0 Å². The number of rotatable bonds is 32. The first-order chi connectivity index (χ1) is 54.4. The molecule has 22 aliphatic rings. The van der Waals surface area contributed by atoms with Gasteiger partial charge >= 0.3 is 0 Å². The van der Waals surface area contributed by atoms with Crippen LogP contribution in [0, 0.1) is 0 Å². The third-order valence-corrected chi connectivity index (χ3v) is 49.9. The predicted molar refractivity (Wildman–Crippen MR) is 451 cm³/mol. The Bertz CT molecular complexity index is 2850. The zero-order valence-electron chi connectivity index (χ0n) is 78.5. The molecule has 0 aromatic rings. The molecule has 22 aliphatic heterocycles. The van der Waals surface area contributed by atoms with Crippen molar-refractivity contribution in [2.45, 2.75) is 385 Å². The molecule has 30 unspecified atom stereocenters. The van der Waals surface area contributed by atoms with E-state index in [4.69, 9.17) is 146 Å². The summed E-state index contributed by atoms with van der Waals surface area (Å²) in [6.45, 7) is 55.2. The summed E-state index contributed by atoms with van der Waals surface area (Å²) in [5.41, 5.74) is 6.10. The fourth-order valence-electron chi connectivity index (χ4n) is 14.7. The van der Waals surface area contributed by atoms with Crippen molar-refractivity contribution in [3.63, 3.8) is 0 Å². The normalized spacial score (nSPS) is 38.0. The third-order valence-electron chi connectivity index (χ3n) is 27.4. The zero-order valence-corrected chi connectivity index (χ0v) is 83.5. The van der Waals surface area contributed by atoms with Crippen LogP contribution in [0.3, 0.4) is 0 Å². The molecule has 12 bridgehead atoms. The molecule has 36 heteroatoms. The molecular formula is C81H161NO30Si5. The van der Waals surface area contributed by atoms with Crippen LogP contribution < -0.4 is 5.73 Å². The summed E-state index contributed by atoms with van der Waals surface area (Å²) in [6.07, 6.45) is -31.1. The lowest BCUT2D eigenvalue weighted by Gasteiger charge is -2.54. The van der Waals surface area contributed by atoms with E-state index in [0.29, 0.717) is 19.6 Å². The van der Waals surface area contributed by atoms with Crippen LogP contribution in [0.1, 0.15) is 110 Å². The first kappa shape index (κ1) is 104. The highest BCUT2D eigenvalue weighted by molar-refractivity contribution is 6.75. The second-order valence-corrected chi connectivity index (χ2v) is 63.9. The molecule has 0 aliphatic carbocycles. The van der Waals surface area contributed by atoms with E-state index in [-0.39, 0.29) is 64.8 Å². The molecule has 0 saturated carbocycles.